The highest BCUT2D eigenvalue weighted by Gasteiger charge is 2.30. The molecule has 0 bridgehead atoms. The van der Waals surface area contributed by atoms with Gasteiger partial charge in [-0.1, -0.05) is 61.0 Å². The maximum Gasteiger partial charge on any atom is 0.416 e. The van der Waals surface area contributed by atoms with Gasteiger partial charge in [-0.25, -0.2) is 18.4 Å². The maximum absolute atomic E-state index is 14.7. The number of fused-ring (bicyclic) bond motifs is 1. The Morgan fingerprint density at radius 2 is 1.34 bits per heavy atom. The van der Waals surface area contributed by atoms with Gasteiger partial charge in [0.05, 0.1) is 11.1 Å². The predicted molar refractivity (Wildman–Crippen MR) is 230 cm³/mol. The molecule has 4 N–H and O–H groups in total. The molecule has 0 aliphatic carbocycles. The van der Waals surface area contributed by atoms with Crippen molar-refractivity contribution in [2.24, 2.45) is 0 Å². The molecule has 6 rings (SSSR count). The topological polar surface area (TPSA) is 161 Å². The SMILES string of the molecule is CC(C)N(Cc1ccc(-c2ccc(C(F)(F)F)cc2)cc1)C(=O)Cn1c(CCc2cccc(F)c2F)cc(=O)c2ccc(CCCN3CCCCC3)cc21.O=C(O)[C@H](O)[C@@H](O)C(=O)O. The van der Waals surface area contributed by atoms with Crippen LogP contribution in [-0.4, -0.2) is 90.5 Å². The Kier molecular flexibility index (Phi) is 16.9. The molecule has 64 heavy (non-hydrogen) atoms. The van der Waals surface area contributed by atoms with Gasteiger partial charge in [-0.3, -0.25) is 9.59 Å². The number of halogens is 5. The first-order valence-corrected chi connectivity index (χ1v) is 21.0. The van der Waals surface area contributed by atoms with Gasteiger partial charge in [-0.05, 0) is 130 Å². The second kappa shape index (κ2) is 22.1. The predicted octanol–water partition coefficient (Wildman–Crippen LogP) is 7.48. The fraction of sp³-hybridized carbons (Fsp3) is 0.375. The molecule has 1 aliphatic rings. The van der Waals surface area contributed by atoms with Crippen LogP contribution in [0.1, 0.15) is 67.5 Å². The van der Waals surface area contributed by atoms with Crippen LogP contribution in [0.25, 0.3) is 22.0 Å². The van der Waals surface area contributed by atoms with Crippen LogP contribution in [0.5, 0.6) is 0 Å². The lowest BCUT2D eigenvalue weighted by atomic mass is 10.0. The summed E-state index contributed by atoms with van der Waals surface area (Å²) < 4.78 is 69.8. The number of nitrogens with zero attached hydrogens (tertiary/aromatic N) is 3. The van der Waals surface area contributed by atoms with Crippen molar-refractivity contribution >= 4 is 28.7 Å². The van der Waals surface area contributed by atoms with Crippen molar-refractivity contribution in [3.8, 4) is 11.1 Å². The number of rotatable bonds is 16. The van der Waals surface area contributed by atoms with Crippen LogP contribution in [0.2, 0.25) is 0 Å². The van der Waals surface area contributed by atoms with Gasteiger partial charge in [-0.2, -0.15) is 13.2 Å². The van der Waals surface area contributed by atoms with Crippen molar-refractivity contribution in [2.45, 2.75) is 96.3 Å². The molecule has 11 nitrogen and oxygen atoms in total. The van der Waals surface area contributed by atoms with E-state index in [2.05, 4.69) is 4.90 Å². The molecule has 5 aromatic rings. The van der Waals surface area contributed by atoms with Gasteiger partial charge in [0.2, 0.25) is 5.91 Å². The van der Waals surface area contributed by atoms with Gasteiger partial charge in [0.15, 0.2) is 29.3 Å². The lowest BCUT2D eigenvalue weighted by Gasteiger charge is -2.29. The van der Waals surface area contributed by atoms with Gasteiger partial charge < -0.3 is 34.8 Å². The van der Waals surface area contributed by atoms with E-state index in [-0.39, 0.29) is 48.9 Å². The molecule has 1 amide bonds. The molecule has 1 saturated heterocycles. The number of aryl methyl sites for hydroxylation is 3. The second-order valence-corrected chi connectivity index (χ2v) is 16.1. The van der Waals surface area contributed by atoms with Crippen LogP contribution in [0, 0.1) is 11.6 Å². The average Bonchev–Trinajstić information content (AvgIpc) is 3.27. The fourth-order valence-electron chi connectivity index (χ4n) is 7.62. The monoisotopic (exact) mass is 893 g/mol. The molecule has 1 aliphatic heterocycles. The van der Waals surface area contributed by atoms with E-state index in [4.69, 9.17) is 20.4 Å². The molecular formula is C48H52F5N3O8. The Hall–Kier alpha value is -5.97. The van der Waals surface area contributed by atoms with E-state index in [1.165, 1.54) is 49.6 Å². The average molecular weight is 894 g/mol. The normalized spacial score (nSPS) is 14.2. The summed E-state index contributed by atoms with van der Waals surface area (Å²) in [6.45, 7) is 7.29. The van der Waals surface area contributed by atoms with E-state index in [0.29, 0.717) is 22.2 Å². The number of aliphatic hydroxyl groups is 2. The number of alkyl halides is 3. The van der Waals surface area contributed by atoms with Gasteiger partial charge in [0.1, 0.15) is 6.54 Å². The van der Waals surface area contributed by atoms with Crippen molar-refractivity contribution in [3.05, 3.63) is 141 Å². The van der Waals surface area contributed by atoms with Crippen LogP contribution in [0.3, 0.4) is 0 Å². The van der Waals surface area contributed by atoms with Crippen LogP contribution in [0.4, 0.5) is 22.0 Å². The van der Waals surface area contributed by atoms with E-state index in [0.717, 1.165) is 67.4 Å². The Morgan fingerprint density at radius 3 is 1.92 bits per heavy atom. The van der Waals surface area contributed by atoms with Crippen molar-refractivity contribution in [1.82, 2.24) is 14.4 Å². The Labute approximate surface area is 367 Å². The number of benzene rings is 4. The standard InChI is InChI=1S/C44H46F5N3O2.C4H6O6/c1-30(2)51(28-32-11-14-33(15-12-32)34-16-19-36(20-17-34)44(47,48)49)42(54)29-52-37(21-18-35-9-6-10-39(45)43(35)46)27-41(53)38-22-13-31(26-40(38)52)8-7-25-50-23-4-3-5-24-50;5-1(3(7)8)2(6)4(9)10/h6,9-17,19-20,22,26-27,30H,3-5,7-8,18,21,23-25,28-29H2,1-2H3;1-2,5-6H,(H,7,8)(H,9,10)/t;1-,2-/m.1/s1. The molecule has 0 radical (unpaired) electrons. The van der Waals surface area contributed by atoms with Crippen molar-refractivity contribution in [3.63, 3.8) is 0 Å². The molecule has 4 aromatic carbocycles. The fourth-order valence-corrected chi connectivity index (χ4v) is 7.62. The summed E-state index contributed by atoms with van der Waals surface area (Å²) in [6, 6.07) is 23.5. The number of carbonyl (C=O) groups is 3. The van der Waals surface area contributed by atoms with E-state index in [1.807, 2.05) is 60.9 Å². The number of hydrogen-bond acceptors (Lipinski definition) is 7. The summed E-state index contributed by atoms with van der Waals surface area (Å²) in [5, 5.41) is 33.0. The summed E-state index contributed by atoms with van der Waals surface area (Å²) in [5.74, 6) is -5.58. The third kappa shape index (κ3) is 13.0. The molecule has 1 fully saturated rings. The minimum atomic E-state index is -4.41. The lowest BCUT2D eigenvalue weighted by molar-refractivity contribution is -0.165. The van der Waals surface area contributed by atoms with Crippen LogP contribution in [0.15, 0.2) is 95.8 Å². The number of likely N-dealkylation sites (tertiary alicyclic amines) is 1. The minimum absolute atomic E-state index is 0.0726. The van der Waals surface area contributed by atoms with Crippen molar-refractivity contribution in [2.75, 3.05) is 19.6 Å². The van der Waals surface area contributed by atoms with Gasteiger partial charge in [0.25, 0.3) is 0 Å². The zero-order valence-corrected chi connectivity index (χ0v) is 35.5. The summed E-state index contributed by atoms with van der Waals surface area (Å²) in [6.07, 6.45) is -3.10. The number of carboxylic acid groups (broad SMARTS) is 2. The number of pyridine rings is 1. The maximum atomic E-state index is 14.7. The van der Waals surface area contributed by atoms with Crippen molar-refractivity contribution < 1.29 is 56.8 Å². The number of aliphatic hydroxyl groups excluding tert-OH is 2. The Bertz CT molecular complexity index is 2430. The number of amides is 1. The van der Waals surface area contributed by atoms with Gasteiger partial charge >= 0.3 is 18.1 Å². The Morgan fingerprint density at radius 1 is 0.750 bits per heavy atom. The summed E-state index contributed by atoms with van der Waals surface area (Å²) >= 11 is 0. The number of aliphatic carboxylic acids is 2. The van der Waals surface area contributed by atoms with Crippen LogP contribution < -0.4 is 5.43 Å². The molecule has 16 heteroatoms. The third-order valence-corrected chi connectivity index (χ3v) is 11.2. The number of piperidine rings is 1. The van der Waals surface area contributed by atoms with Crippen LogP contribution in [-0.2, 0) is 52.9 Å². The zero-order chi connectivity index (χ0) is 46.7. The molecule has 0 unspecified atom stereocenters. The van der Waals surface area contributed by atoms with E-state index < -0.39 is 47.5 Å². The number of carbonyl (C=O) groups excluding carboxylic acids is 1. The van der Waals surface area contributed by atoms with Crippen LogP contribution >= 0.6 is 0 Å². The highest BCUT2D eigenvalue weighted by molar-refractivity contribution is 5.84. The van der Waals surface area contributed by atoms with Gasteiger partial charge in [0, 0.05) is 29.7 Å². The Balaban J connectivity index is 0.000000688. The summed E-state index contributed by atoms with van der Waals surface area (Å²) in [5.41, 5.74) is 3.77. The third-order valence-electron chi connectivity index (χ3n) is 11.2. The van der Waals surface area contributed by atoms with E-state index in [1.54, 1.807) is 4.90 Å². The highest BCUT2D eigenvalue weighted by atomic mass is 19.4. The smallest absolute Gasteiger partial charge is 0.416 e. The second-order valence-electron chi connectivity index (χ2n) is 16.1. The lowest BCUT2D eigenvalue weighted by Crippen LogP contribution is -2.39. The number of hydrogen-bond donors (Lipinski definition) is 4. The van der Waals surface area contributed by atoms with E-state index >= 15 is 0 Å². The minimum Gasteiger partial charge on any atom is -0.479 e. The van der Waals surface area contributed by atoms with Gasteiger partial charge in [-0.15, -0.1) is 0 Å². The largest absolute Gasteiger partial charge is 0.479 e. The quantitative estimate of drug-likeness (QED) is 0.0737. The van der Waals surface area contributed by atoms with Crippen molar-refractivity contribution in [1.29, 1.82) is 0 Å². The first kappa shape index (κ1) is 49.1. The molecule has 2 atom stereocenters. The first-order chi connectivity index (χ1) is 30.3. The first-order valence-electron chi connectivity index (χ1n) is 21.0. The molecule has 1 aromatic heterocycles. The molecule has 0 saturated carbocycles. The number of aromatic nitrogens is 1. The molecular weight excluding hydrogens is 842 g/mol. The molecule has 342 valence electrons. The molecule has 2 heterocycles. The van der Waals surface area contributed by atoms with E-state index in [9.17, 15) is 41.1 Å². The zero-order valence-electron chi connectivity index (χ0n) is 35.5. The summed E-state index contributed by atoms with van der Waals surface area (Å²) in [4.78, 5) is 51.5. The molecule has 0 spiro atoms. The highest BCUT2D eigenvalue weighted by Crippen LogP contribution is 2.31. The number of carboxylic acids is 2. The summed E-state index contributed by atoms with van der Waals surface area (Å²) in [7, 11) is 0.